The van der Waals surface area contributed by atoms with Crippen LogP contribution in [-0.2, 0) is 9.09 Å². The lowest BCUT2D eigenvalue weighted by Gasteiger charge is -2.18. The summed E-state index contributed by atoms with van der Waals surface area (Å²) in [5, 5.41) is 5.62. The van der Waals surface area contributed by atoms with Crippen molar-refractivity contribution in [1.29, 1.82) is 0 Å². The molecule has 0 fully saturated rings. The summed E-state index contributed by atoms with van der Waals surface area (Å²) < 4.78 is 17.2. The molecule has 0 radical (unpaired) electrons. The Kier molecular flexibility index (Phi) is 6.67. The average molecular weight is 322 g/mol. The first-order chi connectivity index (χ1) is 10.3. The van der Waals surface area contributed by atoms with E-state index in [1.165, 1.54) is 0 Å². The average Bonchev–Trinajstić information content (AvgIpc) is 2.48. The Bertz CT molecular complexity index is 590. The number of hydrogen-bond donors (Lipinski definition) is 2. The highest BCUT2D eigenvalue weighted by molar-refractivity contribution is 7.65. The number of carbonyl (C=O) groups excluding carboxylic acids is 1. The number of amides is 1. The van der Waals surface area contributed by atoms with Crippen LogP contribution in [0.2, 0.25) is 0 Å². The number of rotatable bonds is 7. The number of benzene rings is 1. The second-order valence-electron chi connectivity index (χ2n) is 5.29. The minimum absolute atomic E-state index is 0.0879. The van der Waals surface area contributed by atoms with Gasteiger partial charge in [0.15, 0.2) is 0 Å². The molecule has 0 bridgehead atoms. The van der Waals surface area contributed by atoms with Crippen LogP contribution in [0.5, 0.6) is 0 Å². The van der Waals surface area contributed by atoms with Gasteiger partial charge in [0.25, 0.3) is 5.91 Å². The zero-order valence-electron chi connectivity index (χ0n) is 13.4. The van der Waals surface area contributed by atoms with E-state index in [2.05, 4.69) is 16.1 Å². The number of nitrogens with one attached hydrogen (secondary N) is 2. The number of terminal acetylenes is 1. The maximum atomic E-state index is 12.1. The van der Waals surface area contributed by atoms with Gasteiger partial charge in [-0.2, -0.15) is 0 Å². The SMILES string of the molecule is C#CP(=O)(Nc1ccc(C(=O)NC(C)C(C)C)cc1)OCC. The molecule has 0 aromatic heterocycles. The van der Waals surface area contributed by atoms with Gasteiger partial charge in [0.05, 0.1) is 6.61 Å². The van der Waals surface area contributed by atoms with Gasteiger partial charge in [-0.05, 0) is 44.0 Å². The molecule has 2 unspecified atom stereocenters. The summed E-state index contributed by atoms with van der Waals surface area (Å²) in [6.45, 7) is 8.02. The summed E-state index contributed by atoms with van der Waals surface area (Å²) in [4.78, 5) is 12.1. The molecule has 1 aromatic carbocycles. The van der Waals surface area contributed by atoms with Gasteiger partial charge in [0.2, 0.25) is 0 Å². The van der Waals surface area contributed by atoms with E-state index in [0.29, 0.717) is 17.2 Å². The minimum Gasteiger partial charge on any atom is -0.349 e. The fraction of sp³-hybridized carbons (Fsp3) is 0.438. The summed E-state index contributed by atoms with van der Waals surface area (Å²) in [6, 6.07) is 6.69. The Morgan fingerprint density at radius 3 is 2.36 bits per heavy atom. The third kappa shape index (κ3) is 5.22. The monoisotopic (exact) mass is 322 g/mol. The van der Waals surface area contributed by atoms with Crippen LogP contribution in [0.4, 0.5) is 5.69 Å². The first kappa shape index (κ1) is 18.3. The van der Waals surface area contributed by atoms with Gasteiger partial charge in [0.1, 0.15) is 0 Å². The fourth-order valence-electron chi connectivity index (χ4n) is 1.61. The molecular formula is C16H23N2O3P. The predicted molar refractivity (Wildman–Crippen MR) is 89.9 cm³/mol. The topological polar surface area (TPSA) is 67.4 Å². The molecule has 5 nitrogen and oxygen atoms in total. The predicted octanol–water partition coefficient (Wildman–Crippen LogP) is 3.69. The molecule has 22 heavy (non-hydrogen) atoms. The number of anilines is 1. The molecule has 0 aliphatic heterocycles. The van der Waals surface area contributed by atoms with Crippen molar-refractivity contribution in [2.24, 2.45) is 5.92 Å². The number of carbonyl (C=O) groups is 1. The normalized spacial score (nSPS) is 14.7. The van der Waals surface area contributed by atoms with Crippen molar-refractivity contribution >= 4 is 19.1 Å². The first-order valence-electron chi connectivity index (χ1n) is 7.23. The van der Waals surface area contributed by atoms with Crippen molar-refractivity contribution < 1.29 is 13.9 Å². The zero-order chi connectivity index (χ0) is 16.8. The van der Waals surface area contributed by atoms with Crippen LogP contribution >= 0.6 is 7.52 Å². The molecule has 1 rings (SSSR count). The highest BCUT2D eigenvalue weighted by Gasteiger charge is 2.19. The van der Waals surface area contributed by atoms with Crippen LogP contribution in [0.3, 0.4) is 0 Å². The Balaban J connectivity index is 2.77. The Labute approximate surface area is 132 Å². The zero-order valence-corrected chi connectivity index (χ0v) is 14.3. The standard InChI is InChI=1S/C16H23N2O3P/c1-6-21-22(20,7-2)18-15-10-8-14(9-11-15)16(19)17-13(5)12(3)4/h2,8-13H,6H2,1,3-5H3,(H,17,19)(H,18,20). The maximum Gasteiger partial charge on any atom is 0.367 e. The lowest BCUT2D eigenvalue weighted by Crippen LogP contribution is -2.36. The Morgan fingerprint density at radius 2 is 1.91 bits per heavy atom. The van der Waals surface area contributed by atoms with Crippen LogP contribution in [0.15, 0.2) is 24.3 Å². The van der Waals surface area contributed by atoms with E-state index < -0.39 is 7.52 Å². The van der Waals surface area contributed by atoms with Crippen molar-refractivity contribution in [1.82, 2.24) is 5.32 Å². The molecule has 120 valence electrons. The molecule has 0 aliphatic rings. The molecule has 0 saturated heterocycles. The van der Waals surface area contributed by atoms with Gasteiger partial charge in [-0.1, -0.05) is 13.8 Å². The molecule has 0 aliphatic carbocycles. The van der Waals surface area contributed by atoms with Gasteiger partial charge in [-0.3, -0.25) is 9.36 Å². The smallest absolute Gasteiger partial charge is 0.349 e. The van der Waals surface area contributed by atoms with Crippen molar-refractivity contribution in [3.05, 3.63) is 29.8 Å². The third-order valence-electron chi connectivity index (χ3n) is 3.26. The molecule has 0 spiro atoms. The van der Waals surface area contributed by atoms with Crippen LogP contribution in [0.1, 0.15) is 38.1 Å². The quantitative estimate of drug-likeness (QED) is 0.593. The molecule has 1 amide bonds. The second kappa shape index (κ2) is 8.03. The van der Waals surface area contributed by atoms with Gasteiger partial charge in [-0.25, -0.2) is 0 Å². The van der Waals surface area contributed by atoms with E-state index >= 15 is 0 Å². The van der Waals surface area contributed by atoms with E-state index in [1.54, 1.807) is 31.2 Å². The Morgan fingerprint density at radius 1 is 1.32 bits per heavy atom. The van der Waals surface area contributed by atoms with Crippen molar-refractivity contribution in [2.45, 2.75) is 33.7 Å². The Hall–Kier alpha value is -1.76. The van der Waals surface area contributed by atoms with E-state index in [-0.39, 0.29) is 18.6 Å². The van der Waals surface area contributed by atoms with Crippen LogP contribution < -0.4 is 10.4 Å². The highest BCUT2D eigenvalue weighted by Crippen LogP contribution is 2.45. The molecule has 2 N–H and O–H groups in total. The lowest BCUT2D eigenvalue weighted by atomic mass is 10.1. The van der Waals surface area contributed by atoms with E-state index in [4.69, 9.17) is 10.9 Å². The molecule has 0 saturated carbocycles. The molecule has 6 heteroatoms. The molecule has 1 aromatic rings. The molecule has 0 heterocycles. The van der Waals surface area contributed by atoms with E-state index in [1.807, 2.05) is 20.8 Å². The van der Waals surface area contributed by atoms with Crippen molar-refractivity contribution in [3.63, 3.8) is 0 Å². The maximum absolute atomic E-state index is 12.1. The summed E-state index contributed by atoms with van der Waals surface area (Å²) >= 11 is 0. The van der Waals surface area contributed by atoms with Crippen LogP contribution in [-0.4, -0.2) is 18.6 Å². The minimum atomic E-state index is -3.32. The second-order valence-corrected chi connectivity index (χ2v) is 7.14. The van der Waals surface area contributed by atoms with Crippen LogP contribution in [0, 0.1) is 18.0 Å². The fourth-order valence-corrected chi connectivity index (χ4v) is 2.66. The van der Waals surface area contributed by atoms with Crippen molar-refractivity contribution in [2.75, 3.05) is 11.7 Å². The first-order valence-corrected chi connectivity index (χ1v) is 8.85. The summed E-state index contributed by atoms with van der Waals surface area (Å²) in [5.41, 5.74) is 3.22. The van der Waals surface area contributed by atoms with Gasteiger partial charge < -0.3 is 14.9 Å². The molecular weight excluding hydrogens is 299 g/mol. The molecule has 2 atom stereocenters. The van der Waals surface area contributed by atoms with Crippen molar-refractivity contribution in [3.8, 4) is 12.1 Å². The van der Waals surface area contributed by atoms with Gasteiger partial charge in [-0.15, -0.1) is 6.42 Å². The summed E-state index contributed by atoms with van der Waals surface area (Å²) in [5.74, 6) is 0.218. The highest BCUT2D eigenvalue weighted by atomic mass is 31.2. The summed E-state index contributed by atoms with van der Waals surface area (Å²) in [7, 11) is -3.32. The summed E-state index contributed by atoms with van der Waals surface area (Å²) in [6.07, 6.45) is 5.24. The van der Waals surface area contributed by atoms with Gasteiger partial charge in [0, 0.05) is 23.0 Å². The van der Waals surface area contributed by atoms with E-state index in [0.717, 1.165) is 0 Å². The largest absolute Gasteiger partial charge is 0.367 e. The lowest BCUT2D eigenvalue weighted by molar-refractivity contribution is 0.0930. The van der Waals surface area contributed by atoms with Crippen LogP contribution in [0.25, 0.3) is 0 Å². The third-order valence-corrected chi connectivity index (χ3v) is 4.78. The van der Waals surface area contributed by atoms with E-state index in [9.17, 15) is 9.36 Å². The number of hydrogen-bond acceptors (Lipinski definition) is 3. The van der Waals surface area contributed by atoms with Gasteiger partial charge >= 0.3 is 7.52 Å².